The second-order valence-corrected chi connectivity index (χ2v) is 10.5. The van der Waals surface area contributed by atoms with E-state index in [0.29, 0.717) is 43.2 Å². The van der Waals surface area contributed by atoms with E-state index in [2.05, 4.69) is 15.1 Å². The van der Waals surface area contributed by atoms with Crippen LogP contribution in [0.15, 0.2) is 53.4 Å². The summed E-state index contributed by atoms with van der Waals surface area (Å²) >= 11 is 0. The number of carbonyl (C=O) groups is 1. The highest BCUT2D eigenvalue weighted by Crippen LogP contribution is 2.19. The molecule has 1 aliphatic rings. The zero-order valence-electron chi connectivity index (χ0n) is 19.3. The second kappa shape index (κ2) is 11.0. The molecular weight excluding hydrogens is 424 g/mol. The molecule has 0 aliphatic carbocycles. The van der Waals surface area contributed by atoms with Crippen LogP contribution in [-0.2, 0) is 16.6 Å². The molecule has 0 radical (unpaired) electrons. The van der Waals surface area contributed by atoms with Gasteiger partial charge in [0.05, 0.1) is 4.90 Å². The first-order valence-electron chi connectivity index (χ1n) is 11.1. The Morgan fingerprint density at radius 3 is 2.19 bits per heavy atom. The van der Waals surface area contributed by atoms with Gasteiger partial charge < -0.3 is 10.2 Å². The molecule has 2 aromatic carbocycles. The fourth-order valence-corrected chi connectivity index (χ4v) is 5.13. The molecule has 0 bridgehead atoms. The maximum Gasteiger partial charge on any atom is 0.251 e. The Bertz CT molecular complexity index is 981. The van der Waals surface area contributed by atoms with E-state index in [4.69, 9.17) is 0 Å². The molecule has 1 N–H and O–H groups in total. The van der Waals surface area contributed by atoms with E-state index in [1.54, 1.807) is 16.4 Å². The highest BCUT2D eigenvalue weighted by Gasteiger charge is 2.28. The summed E-state index contributed by atoms with van der Waals surface area (Å²) in [5, 5.41) is 2.95. The summed E-state index contributed by atoms with van der Waals surface area (Å²) in [6.45, 7) is 6.60. The van der Waals surface area contributed by atoms with E-state index in [0.717, 1.165) is 30.6 Å². The normalized spacial score (nSPS) is 15.8. The fraction of sp³-hybridized carbons (Fsp3) is 0.458. The van der Waals surface area contributed by atoms with Gasteiger partial charge in [0.1, 0.15) is 0 Å². The van der Waals surface area contributed by atoms with E-state index in [-0.39, 0.29) is 5.91 Å². The second-order valence-electron chi connectivity index (χ2n) is 8.60. The highest BCUT2D eigenvalue weighted by molar-refractivity contribution is 7.89. The first kappa shape index (κ1) is 24.4. The predicted molar refractivity (Wildman–Crippen MR) is 127 cm³/mol. The summed E-state index contributed by atoms with van der Waals surface area (Å²) in [6.07, 6.45) is 0.919. The molecule has 0 aromatic heterocycles. The minimum atomic E-state index is -3.45. The minimum Gasteiger partial charge on any atom is -0.352 e. The third-order valence-corrected chi connectivity index (χ3v) is 7.59. The van der Waals surface area contributed by atoms with Gasteiger partial charge in [-0.2, -0.15) is 4.31 Å². The monoisotopic (exact) mass is 458 g/mol. The van der Waals surface area contributed by atoms with Crippen LogP contribution >= 0.6 is 0 Å². The van der Waals surface area contributed by atoms with Gasteiger partial charge in [0.15, 0.2) is 0 Å². The summed E-state index contributed by atoms with van der Waals surface area (Å²) in [5.41, 5.74) is 2.82. The molecule has 1 aliphatic heterocycles. The van der Waals surface area contributed by atoms with Gasteiger partial charge >= 0.3 is 0 Å². The number of rotatable bonds is 9. The topological polar surface area (TPSA) is 73.0 Å². The SMILES string of the molecule is Cc1ccc(S(=O)(=O)N2CCN(Cc3ccc(C(=O)NCCCN(C)C)cc3)CC2)cc1. The first-order valence-corrected chi connectivity index (χ1v) is 12.5. The van der Waals surface area contributed by atoms with Gasteiger partial charge in [-0.25, -0.2) is 8.42 Å². The van der Waals surface area contributed by atoms with Crippen molar-refractivity contribution in [3.8, 4) is 0 Å². The smallest absolute Gasteiger partial charge is 0.251 e. The lowest BCUT2D eigenvalue weighted by Crippen LogP contribution is -2.48. The molecule has 174 valence electrons. The van der Waals surface area contributed by atoms with Crippen molar-refractivity contribution < 1.29 is 13.2 Å². The largest absolute Gasteiger partial charge is 0.352 e. The maximum atomic E-state index is 12.9. The number of piperazine rings is 1. The van der Waals surface area contributed by atoms with Crippen molar-refractivity contribution in [3.05, 3.63) is 65.2 Å². The van der Waals surface area contributed by atoms with Gasteiger partial charge in [0, 0.05) is 44.8 Å². The molecule has 0 atom stereocenters. The summed E-state index contributed by atoms with van der Waals surface area (Å²) in [7, 11) is 0.589. The Balaban J connectivity index is 1.47. The average molecular weight is 459 g/mol. The van der Waals surface area contributed by atoms with Crippen LogP contribution in [-0.4, -0.2) is 81.8 Å². The molecule has 0 spiro atoms. The number of benzene rings is 2. The summed E-state index contributed by atoms with van der Waals surface area (Å²) < 4.78 is 27.3. The van der Waals surface area contributed by atoms with Crippen molar-refractivity contribution in [3.63, 3.8) is 0 Å². The molecular formula is C24H34N4O3S. The fourth-order valence-electron chi connectivity index (χ4n) is 3.71. The number of aryl methyl sites for hydroxylation is 1. The van der Waals surface area contributed by atoms with Gasteiger partial charge in [-0.15, -0.1) is 0 Å². The van der Waals surface area contributed by atoms with Crippen molar-refractivity contribution in [2.45, 2.75) is 24.8 Å². The third kappa shape index (κ3) is 6.62. The number of sulfonamides is 1. The van der Waals surface area contributed by atoms with E-state index >= 15 is 0 Å². The van der Waals surface area contributed by atoms with Crippen LogP contribution in [0.4, 0.5) is 0 Å². The number of carbonyl (C=O) groups excluding carboxylic acids is 1. The van der Waals surface area contributed by atoms with E-state index in [1.807, 2.05) is 57.4 Å². The number of nitrogens with zero attached hydrogens (tertiary/aromatic N) is 3. The lowest BCUT2D eigenvalue weighted by atomic mass is 10.1. The maximum absolute atomic E-state index is 12.9. The van der Waals surface area contributed by atoms with Crippen molar-refractivity contribution in [2.24, 2.45) is 0 Å². The van der Waals surface area contributed by atoms with Crippen LogP contribution in [0, 0.1) is 6.92 Å². The summed E-state index contributed by atoms with van der Waals surface area (Å²) in [6, 6.07) is 14.7. The molecule has 0 saturated carbocycles. The van der Waals surface area contributed by atoms with Crippen LogP contribution in [0.5, 0.6) is 0 Å². The Morgan fingerprint density at radius 2 is 1.59 bits per heavy atom. The zero-order valence-corrected chi connectivity index (χ0v) is 20.1. The Labute approximate surface area is 192 Å². The molecule has 3 rings (SSSR count). The molecule has 8 heteroatoms. The number of hydrogen-bond acceptors (Lipinski definition) is 5. The van der Waals surface area contributed by atoms with Crippen molar-refractivity contribution in [1.82, 2.24) is 19.4 Å². The predicted octanol–water partition coefficient (Wildman–Crippen LogP) is 2.18. The van der Waals surface area contributed by atoms with Gasteiger partial charge in [-0.3, -0.25) is 9.69 Å². The zero-order chi connectivity index (χ0) is 23.1. The van der Waals surface area contributed by atoms with Crippen molar-refractivity contribution in [1.29, 1.82) is 0 Å². The molecule has 7 nitrogen and oxygen atoms in total. The van der Waals surface area contributed by atoms with E-state index < -0.39 is 10.0 Å². The van der Waals surface area contributed by atoms with Gasteiger partial charge in [-0.05, 0) is 63.8 Å². The number of hydrogen-bond donors (Lipinski definition) is 1. The van der Waals surface area contributed by atoms with Crippen LogP contribution in [0.2, 0.25) is 0 Å². The Kier molecular flexibility index (Phi) is 8.42. The average Bonchev–Trinajstić information content (AvgIpc) is 2.77. The summed E-state index contributed by atoms with van der Waals surface area (Å²) in [4.78, 5) is 17.0. The molecule has 1 saturated heterocycles. The quantitative estimate of drug-likeness (QED) is 0.583. The number of nitrogens with one attached hydrogen (secondary N) is 1. The standard InChI is InChI=1S/C24H34N4O3S/c1-20-5-11-23(12-6-20)32(30,31)28-17-15-27(16-18-28)19-21-7-9-22(10-8-21)24(29)25-13-4-14-26(2)3/h5-12H,4,13-19H2,1-3H3,(H,25,29). The lowest BCUT2D eigenvalue weighted by Gasteiger charge is -2.34. The van der Waals surface area contributed by atoms with Crippen LogP contribution in [0.3, 0.4) is 0 Å². The Morgan fingerprint density at radius 1 is 0.969 bits per heavy atom. The van der Waals surface area contributed by atoms with E-state index in [1.165, 1.54) is 0 Å². The molecule has 1 fully saturated rings. The van der Waals surface area contributed by atoms with Gasteiger partial charge in [-0.1, -0.05) is 29.8 Å². The number of amides is 1. The molecule has 0 unspecified atom stereocenters. The molecule has 1 heterocycles. The Hall–Kier alpha value is -2.26. The van der Waals surface area contributed by atoms with Crippen LogP contribution in [0.1, 0.15) is 27.9 Å². The highest BCUT2D eigenvalue weighted by atomic mass is 32.2. The van der Waals surface area contributed by atoms with Gasteiger partial charge in [0.2, 0.25) is 10.0 Å². The van der Waals surface area contributed by atoms with E-state index in [9.17, 15) is 13.2 Å². The van der Waals surface area contributed by atoms with Gasteiger partial charge in [0.25, 0.3) is 5.91 Å². The lowest BCUT2D eigenvalue weighted by molar-refractivity contribution is 0.0952. The molecule has 1 amide bonds. The molecule has 2 aromatic rings. The minimum absolute atomic E-state index is 0.0507. The third-order valence-electron chi connectivity index (χ3n) is 5.68. The first-order chi connectivity index (χ1) is 15.3. The van der Waals surface area contributed by atoms with Crippen molar-refractivity contribution >= 4 is 15.9 Å². The van der Waals surface area contributed by atoms with Crippen LogP contribution < -0.4 is 5.32 Å². The summed E-state index contributed by atoms with van der Waals surface area (Å²) in [5.74, 6) is -0.0507. The molecule has 32 heavy (non-hydrogen) atoms. The van der Waals surface area contributed by atoms with Crippen LogP contribution in [0.25, 0.3) is 0 Å². The van der Waals surface area contributed by atoms with Crippen molar-refractivity contribution in [2.75, 3.05) is 53.4 Å².